The molecule has 0 fully saturated rings. The molecule has 0 atom stereocenters. The fourth-order valence-corrected chi connectivity index (χ4v) is 4.31. The Labute approximate surface area is 150 Å². The summed E-state index contributed by atoms with van der Waals surface area (Å²) < 4.78 is 5.31. The van der Waals surface area contributed by atoms with E-state index in [0.717, 1.165) is 35.5 Å². The van der Waals surface area contributed by atoms with Crippen LogP contribution in [0, 0.1) is 0 Å². The monoisotopic (exact) mass is 350 g/mol. The van der Waals surface area contributed by atoms with Gasteiger partial charge in [-0.25, -0.2) is 4.99 Å². The number of hydrogen-bond donors (Lipinski definition) is 1. The van der Waals surface area contributed by atoms with Gasteiger partial charge in [0.2, 0.25) is 0 Å². The molecule has 0 bridgehead atoms. The van der Waals surface area contributed by atoms with Crippen LogP contribution in [-0.4, -0.2) is 12.1 Å². The molecule has 1 aliphatic carbocycles. The van der Waals surface area contributed by atoms with Crippen LogP contribution >= 0.6 is 11.3 Å². The summed E-state index contributed by atoms with van der Waals surface area (Å²) in [5.74, 6) is 0.595. The Hall–Kier alpha value is -2.66. The largest absolute Gasteiger partial charge is 0.463 e. The smallest absolute Gasteiger partial charge is 0.259 e. The number of benzene rings is 1. The Kier molecular flexibility index (Phi) is 4.48. The molecule has 0 radical (unpaired) electrons. The molecule has 2 heterocycles. The summed E-state index contributed by atoms with van der Waals surface area (Å²) in [5, 5.41) is 3.76. The molecule has 3 aromatic rings. The third-order valence-electron chi connectivity index (χ3n) is 4.26. The highest BCUT2D eigenvalue weighted by atomic mass is 32.1. The van der Waals surface area contributed by atoms with Crippen molar-refractivity contribution in [1.29, 1.82) is 0 Å². The van der Waals surface area contributed by atoms with E-state index in [4.69, 9.17) is 4.42 Å². The lowest BCUT2D eigenvalue weighted by Crippen LogP contribution is -2.14. The van der Waals surface area contributed by atoms with Gasteiger partial charge in [0.1, 0.15) is 10.8 Å². The second kappa shape index (κ2) is 7.07. The van der Waals surface area contributed by atoms with E-state index in [1.165, 1.54) is 11.3 Å². The molecule has 1 N–H and O–H groups in total. The van der Waals surface area contributed by atoms with Crippen molar-refractivity contribution in [1.82, 2.24) is 0 Å². The summed E-state index contributed by atoms with van der Waals surface area (Å²) in [4.78, 5) is 18.8. The number of carbonyl (C=O) groups excluding carboxylic acids is 1. The van der Waals surface area contributed by atoms with Gasteiger partial charge < -0.3 is 9.73 Å². The molecular weight excluding hydrogens is 332 g/mol. The Morgan fingerprint density at radius 3 is 2.76 bits per heavy atom. The minimum absolute atomic E-state index is 0.0859. The van der Waals surface area contributed by atoms with Crippen molar-refractivity contribution in [2.75, 3.05) is 5.32 Å². The summed E-state index contributed by atoms with van der Waals surface area (Å²) in [6, 6.07) is 13.2. The van der Waals surface area contributed by atoms with Crippen LogP contribution in [0.2, 0.25) is 0 Å². The van der Waals surface area contributed by atoms with E-state index >= 15 is 0 Å². The van der Waals surface area contributed by atoms with Crippen LogP contribution in [0.25, 0.3) is 0 Å². The quantitative estimate of drug-likeness (QED) is 0.656. The number of aliphatic imine (C=N–C) groups is 1. The van der Waals surface area contributed by atoms with Crippen molar-refractivity contribution in [3.63, 3.8) is 0 Å². The first-order valence-corrected chi connectivity index (χ1v) is 9.21. The zero-order valence-electron chi connectivity index (χ0n) is 13.7. The number of aryl methyl sites for hydroxylation is 1. The molecule has 25 heavy (non-hydrogen) atoms. The highest BCUT2D eigenvalue weighted by Crippen LogP contribution is 2.40. The lowest BCUT2D eigenvalue weighted by Gasteiger charge is -2.12. The van der Waals surface area contributed by atoms with Crippen LogP contribution in [-0.2, 0) is 12.8 Å². The molecule has 1 amide bonds. The Bertz CT molecular complexity index is 895. The van der Waals surface area contributed by atoms with Gasteiger partial charge in [0.05, 0.1) is 18.0 Å². The number of carbonyl (C=O) groups is 1. The number of nitrogens with zero attached hydrogens (tertiary/aromatic N) is 1. The Balaban J connectivity index is 1.69. The summed E-state index contributed by atoms with van der Waals surface area (Å²) in [6.45, 7) is 0. The van der Waals surface area contributed by atoms with Crippen LogP contribution in [0.4, 0.5) is 10.7 Å². The van der Waals surface area contributed by atoms with E-state index in [1.54, 1.807) is 23.8 Å². The predicted octanol–water partition coefficient (Wildman–Crippen LogP) is 5.22. The molecular formula is C20H18N2O2S. The fraction of sp³-hybridized carbons (Fsp3) is 0.200. The second-order valence-corrected chi connectivity index (χ2v) is 7.07. The SMILES string of the molecule is O=C(Nc1ccccc1)c1c(N=Cc2ccco2)sc2c1CCCC2. The topological polar surface area (TPSA) is 54.6 Å². The molecule has 5 heteroatoms. The van der Waals surface area contributed by atoms with E-state index in [9.17, 15) is 4.79 Å². The lowest BCUT2D eigenvalue weighted by atomic mass is 9.95. The van der Waals surface area contributed by atoms with Crippen molar-refractivity contribution < 1.29 is 9.21 Å². The van der Waals surface area contributed by atoms with Crippen molar-refractivity contribution in [3.8, 4) is 0 Å². The van der Waals surface area contributed by atoms with Gasteiger partial charge in [-0.15, -0.1) is 11.3 Å². The number of para-hydroxylation sites is 1. The third-order valence-corrected chi connectivity index (χ3v) is 5.46. The normalized spacial score (nSPS) is 13.8. The van der Waals surface area contributed by atoms with Gasteiger partial charge in [-0.05, 0) is 55.5 Å². The van der Waals surface area contributed by atoms with E-state index in [2.05, 4.69) is 10.3 Å². The predicted molar refractivity (Wildman–Crippen MR) is 101 cm³/mol. The highest BCUT2D eigenvalue weighted by Gasteiger charge is 2.25. The summed E-state index contributed by atoms with van der Waals surface area (Å²) in [6.07, 6.45) is 7.56. The molecule has 126 valence electrons. The number of amides is 1. The fourth-order valence-electron chi connectivity index (χ4n) is 3.08. The first-order chi connectivity index (χ1) is 12.3. The maximum Gasteiger partial charge on any atom is 0.259 e. The van der Waals surface area contributed by atoms with Gasteiger partial charge in [0, 0.05) is 10.6 Å². The average Bonchev–Trinajstić information content (AvgIpc) is 3.28. The second-order valence-electron chi connectivity index (χ2n) is 5.98. The standard InChI is InChI=1S/C20H18N2O2S/c23-19(22-14-7-2-1-3-8-14)18-16-10-4-5-11-17(16)25-20(18)21-13-15-9-6-12-24-15/h1-3,6-9,12-13H,4-5,10-11H2,(H,22,23). The van der Waals surface area contributed by atoms with E-state index in [-0.39, 0.29) is 5.91 Å². The molecule has 2 aromatic heterocycles. The van der Waals surface area contributed by atoms with Crippen LogP contribution < -0.4 is 5.32 Å². The van der Waals surface area contributed by atoms with Crippen LogP contribution in [0.15, 0.2) is 58.1 Å². The maximum atomic E-state index is 12.9. The number of anilines is 1. The molecule has 4 rings (SSSR count). The number of thiophene rings is 1. The van der Waals surface area contributed by atoms with E-state index in [1.807, 2.05) is 42.5 Å². The summed E-state index contributed by atoms with van der Waals surface area (Å²) in [7, 11) is 0. The summed E-state index contributed by atoms with van der Waals surface area (Å²) >= 11 is 1.62. The van der Waals surface area contributed by atoms with Gasteiger partial charge in [-0.1, -0.05) is 18.2 Å². The van der Waals surface area contributed by atoms with Gasteiger partial charge >= 0.3 is 0 Å². The zero-order valence-corrected chi connectivity index (χ0v) is 14.5. The van der Waals surface area contributed by atoms with Crippen molar-refractivity contribution in [2.24, 2.45) is 4.99 Å². The minimum Gasteiger partial charge on any atom is -0.463 e. The Morgan fingerprint density at radius 1 is 1.12 bits per heavy atom. The first-order valence-electron chi connectivity index (χ1n) is 8.40. The van der Waals surface area contributed by atoms with Crippen LogP contribution in [0.5, 0.6) is 0 Å². The number of nitrogens with one attached hydrogen (secondary N) is 1. The molecule has 1 aliphatic rings. The number of furan rings is 1. The van der Waals surface area contributed by atoms with Crippen molar-refractivity contribution in [2.45, 2.75) is 25.7 Å². The highest BCUT2D eigenvalue weighted by molar-refractivity contribution is 7.16. The van der Waals surface area contributed by atoms with Crippen LogP contribution in [0.3, 0.4) is 0 Å². The molecule has 0 saturated heterocycles. The van der Waals surface area contributed by atoms with Gasteiger partial charge in [-0.2, -0.15) is 0 Å². The molecule has 0 unspecified atom stereocenters. The number of rotatable bonds is 4. The molecule has 1 aromatic carbocycles. The third kappa shape index (κ3) is 3.42. The van der Waals surface area contributed by atoms with Crippen molar-refractivity contribution >= 4 is 34.1 Å². The van der Waals surface area contributed by atoms with Gasteiger partial charge in [0.25, 0.3) is 5.91 Å². The van der Waals surface area contributed by atoms with Gasteiger partial charge in [0.15, 0.2) is 0 Å². The Morgan fingerprint density at radius 2 is 1.96 bits per heavy atom. The first kappa shape index (κ1) is 15.8. The molecule has 0 saturated carbocycles. The molecule has 0 spiro atoms. The molecule has 4 nitrogen and oxygen atoms in total. The van der Waals surface area contributed by atoms with Crippen LogP contribution in [0.1, 0.15) is 39.4 Å². The van der Waals surface area contributed by atoms with E-state index in [0.29, 0.717) is 11.3 Å². The minimum atomic E-state index is -0.0859. The number of fused-ring (bicyclic) bond motifs is 1. The van der Waals surface area contributed by atoms with E-state index < -0.39 is 0 Å². The van der Waals surface area contributed by atoms with Gasteiger partial charge in [-0.3, -0.25) is 4.79 Å². The van der Waals surface area contributed by atoms with Crippen molar-refractivity contribution in [3.05, 3.63) is 70.5 Å². The lowest BCUT2D eigenvalue weighted by molar-refractivity contribution is 0.102. The average molecular weight is 350 g/mol. The molecule has 0 aliphatic heterocycles. The number of hydrogen-bond acceptors (Lipinski definition) is 4. The maximum absolute atomic E-state index is 12.9. The zero-order chi connectivity index (χ0) is 17.1. The summed E-state index contributed by atoms with van der Waals surface area (Å²) in [5.41, 5.74) is 2.67.